The first kappa shape index (κ1) is 13.1. The first-order valence-electron chi connectivity index (χ1n) is 6.28. The van der Waals surface area contributed by atoms with Crippen molar-refractivity contribution in [2.24, 2.45) is 0 Å². The molecule has 0 atom stereocenters. The van der Waals surface area contributed by atoms with Gasteiger partial charge in [-0.25, -0.2) is 0 Å². The Hall–Kier alpha value is -2.36. The Morgan fingerprint density at radius 2 is 2.00 bits per heavy atom. The fourth-order valence-electron chi connectivity index (χ4n) is 1.88. The normalized spacial score (nSPS) is 10.2. The Bertz CT molecular complexity index is 612. The molecule has 0 fully saturated rings. The highest BCUT2D eigenvalue weighted by Gasteiger charge is 2.08. The average molecular weight is 256 g/mol. The molecule has 19 heavy (non-hydrogen) atoms. The van der Waals surface area contributed by atoms with Gasteiger partial charge in [0.15, 0.2) is 0 Å². The number of H-pyrrole nitrogens is 1. The standard InChI is InChI=1S/C15H16N2O2/c1-2-5-11-6-3-4-7-13(11)17-15(19)12-8-9-14(18)16-10-12/h3-4,6-10H,2,5H2,1H3,(H,16,18)(H,17,19). The summed E-state index contributed by atoms with van der Waals surface area (Å²) < 4.78 is 0. The van der Waals surface area contributed by atoms with Crippen molar-refractivity contribution >= 4 is 11.6 Å². The van der Waals surface area contributed by atoms with E-state index < -0.39 is 0 Å². The molecule has 2 aromatic rings. The molecule has 4 nitrogen and oxygen atoms in total. The van der Waals surface area contributed by atoms with E-state index in [0.717, 1.165) is 24.1 Å². The molecule has 0 aliphatic heterocycles. The highest BCUT2D eigenvalue weighted by Crippen LogP contribution is 2.17. The molecule has 1 aromatic carbocycles. The topological polar surface area (TPSA) is 62.0 Å². The Morgan fingerprint density at radius 3 is 2.68 bits per heavy atom. The van der Waals surface area contributed by atoms with Crippen LogP contribution in [0, 0.1) is 0 Å². The SMILES string of the molecule is CCCc1ccccc1NC(=O)c1ccc(=O)[nH]c1. The summed E-state index contributed by atoms with van der Waals surface area (Å²) in [4.78, 5) is 25.5. The summed E-state index contributed by atoms with van der Waals surface area (Å²) in [6.07, 6.45) is 3.35. The van der Waals surface area contributed by atoms with Crippen molar-refractivity contribution in [2.75, 3.05) is 5.32 Å². The lowest BCUT2D eigenvalue weighted by Gasteiger charge is -2.10. The highest BCUT2D eigenvalue weighted by molar-refractivity contribution is 6.04. The van der Waals surface area contributed by atoms with Gasteiger partial charge in [-0.05, 0) is 24.1 Å². The van der Waals surface area contributed by atoms with Crippen molar-refractivity contribution < 1.29 is 4.79 Å². The molecule has 0 spiro atoms. The molecule has 1 aromatic heterocycles. The number of benzene rings is 1. The van der Waals surface area contributed by atoms with Crippen LogP contribution in [-0.4, -0.2) is 10.9 Å². The maximum absolute atomic E-state index is 12.0. The second kappa shape index (κ2) is 6.00. The number of hydrogen-bond donors (Lipinski definition) is 2. The van der Waals surface area contributed by atoms with Crippen LogP contribution in [0.5, 0.6) is 0 Å². The molecule has 0 aliphatic carbocycles. The minimum Gasteiger partial charge on any atom is -0.328 e. The molecular formula is C15H16N2O2. The smallest absolute Gasteiger partial charge is 0.257 e. The summed E-state index contributed by atoms with van der Waals surface area (Å²) in [5, 5.41) is 2.87. The van der Waals surface area contributed by atoms with Gasteiger partial charge in [-0.1, -0.05) is 31.5 Å². The Labute approximate surface area is 111 Å². The lowest BCUT2D eigenvalue weighted by Crippen LogP contribution is -2.15. The fraction of sp³-hybridized carbons (Fsp3) is 0.200. The van der Waals surface area contributed by atoms with Crippen molar-refractivity contribution in [1.82, 2.24) is 4.98 Å². The third kappa shape index (κ3) is 3.31. The van der Waals surface area contributed by atoms with Gasteiger partial charge in [0.1, 0.15) is 0 Å². The molecule has 2 rings (SSSR count). The average Bonchev–Trinajstić information content (AvgIpc) is 2.42. The van der Waals surface area contributed by atoms with Crippen LogP contribution >= 0.6 is 0 Å². The Morgan fingerprint density at radius 1 is 1.21 bits per heavy atom. The first-order chi connectivity index (χ1) is 9.20. The lowest BCUT2D eigenvalue weighted by molar-refractivity contribution is 0.102. The van der Waals surface area contributed by atoms with Crippen molar-refractivity contribution in [1.29, 1.82) is 0 Å². The summed E-state index contributed by atoms with van der Waals surface area (Å²) in [7, 11) is 0. The zero-order valence-electron chi connectivity index (χ0n) is 10.8. The zero-order valence-corrected chi connectivity index (χ0v) is 10.8. The zero-order chi connectivity index (χ0) is 13.7. The number of carbonyl (C=O) groups is 1. The largest absolute Gasteiger partial charge is 0.328 e. The van der Waals surface area contributed by atoms with E-state index in [1.54, 1.807) is 0 Å². The molecular weight excluding hydrogens is 240 g/mol. The van der Waals surface area contributed by atoms with Gasteiger partial charge in [0, 0.05) is 18.0 Å². The highest BCUT2D eigenvalue weighted by atomic mass is 16.1. The summed E-state index contributed by atoms with van der Waals surface area (Å²) in [5.41, 5.74) is 2.15. The van der Waals surface area contributed by atoms with Crippen LogP contribution in [0.15, 0.2) is 47.4 Å². The van der Waals surface area contributed by atoms with E-state index in [4.69, 9.17) is 0 Å². The van der Waals surface area contributed by atoms with Crippen LogP contribution in [0.4, 0.5) is 5.69 Å². The van der Waals surface area contributed by atoms with Crippen LogP contribution in [0.1, 0.15) is 29.3 Å². The summed E-state index contributed by atoms with van der Waals surface area (Å²) in [6, 6.07) is 10.6. The number of rotatable bonds is 4. The van der Waals surface area contributed by atoms with Gasteiger partial charge in [0.2, 0.25) is 5.56 Å². The number of aromatic nitrogens is 1. The number of aromatic amines is 1. The van der Waals surface area contributed by atoms with E-state index in [1.165, 1.54) is 18.3 Å². The molecule has 1 amide bonds. The third-order valence-corrected chi connectivity index (χ3v) is 2.83. The van der Waals surface area contributed by atoms with Crippen LogP contribution in [0.3, 0.4) is 0 Å². The van der Waals surface area contributed by atoms with E-state index in [2.05, 4.69) is 17.2 Å². The first-order valence-corrected chi connectivity index (χ1v) is 6.28. The van der Waals surface area contributed by atoms with Crippen LogP contribution in [-0.2, 0) is 6.42 Å². The quantitative estimate of drug-likeness (QED) is 0.883. The van der Waals surface area contributed by atoms with Crippen LogP contribution in [0.25, 0.3) is 0 Å². The molecule has 0 unspecified atom stereocenters. The number of amides is 1. The molecule has 4 heteroatoms. The lowest BCUT2D eigenvalue weighted by atomic mass is 10.1. The van der Waals surface area contributed by atoms with Gasteiger partial charge in [-0.3, -0.25) is 9.59 Å². The maximum atomic E-state index is 12.0. The van der Waals surface area contributed by atoms with Gasteiger partial charge in [0.25, 0.3) is 5.91 Å². The van der Waals surface area contributed by atoms with Crippen LogP contribution < -0.4 is 10.9 Å². The van der Waals surface area contributed by atoms with Gasteiger partial charge >= 0.3 is 0 Å². The second-order valence-corrected chi connectivity index (χ2v) is 4.30. The molecule has 1 heterocycles. The number of aryl methyl sites for hydroxylation is 1. The molecule has 0 radical (unpaired) electrons. The van der Waals surface area contributed by atoms with E-state index >= 15 is 0 Å². The van der Waals surface area contributed by atoms with Gasteiger partial charge in [0.05, 0.1) is 5.56 Å². The van der Waals surface area contributed by atoms with E-state index in [9.17, 15) is 9.59 Å². The van der Waals surface area contributed by atoms with E-state index in [-0.39, 0.29) is 11.5 Å². The minimum atomic E-state index is -0.222. The van der Waals surface area contributed by atoms with E-state index in [0.29, 0.717) is 5.56 Å². The Kier molecular flexibility index (Phi) is 4.13. The van der Waals surface area contributed by atoms with Gasteiger partial charge in [-0.2, -0.15) is 0 Å². The predicted molar refractivity (Wildman–Crippen MR) is 75.5 cm³/mol. The molecule has 2 N–H and O–H groups in total. The minimum absolute atomic E-state index is 0.220. The molecule has 0 bridgehead atoms. The third-order valence-electron chi connectivity index (χ3n) is 2.83. The number of carbonyl (C=O) groups excluding carboxylic acids is 1. The van der Waals surface area contributed by atoms with Crippen molar-refractivity contribution in [3.63, 3.8) is 0 Å². The van der Waals surface area contributed by atoms with Crippen molar-refractivity contribution in [3.8, 4) is 0 Å². The van der Waals surface area contributed by atoms with E-state index in [1.807, 2.05) is 24.3 Å². The maximum Gasteiger partial charge on any atom is 0.257 e. The van der Waals surface area contributed by atoms with Gasteiger partial charge < -0.3 is 10.3 Å². The van der Waals surface area contributed by atoms with Crippen LogP contribution in [0.2, 0.25) is 0 Å². The second-order valence-electron chi connectivity index (χ2n) is 4.30. The van der Waals surface area contributed by atoms with Crippen molar-refractivity contribution in [2.45, 2.75) is 19.8 Å². The molecule has 98 valence electrons. The van der Waals surface area contributed by atoms with Gasteiger partial charge in [-0.15, -0.1) is 0 Å². The fourth-order valence-corrected chi connectivity index (χ4v) is 1.88. The monoisotopic (exact) mass is 256 g/mol. The summed E-state index contributed by atoms with van der Waals surface area (Å²) >= 11 is 0. The molecule has 0 saturated carbocycles. The number of hydrogen-bond acceptors (Lipinski definition) is 2. The number of pyridine rings is 1. The summed E-state index contributed by atoms with van der Waals surface area (Å²) in [5.74, 6) is -0.222. The molecule has 0 saturated heterocycles. The summed E-state index contributed by atoms with van der Waals surface area (Å²) in [6.45, 7) is 2.10. The number of para-hydroxylation sites is 1. The predicted octanol–water partition coefficient (Wildman–Crippen LogP) is 2.58. The number of anilines is 1. The number of nitrogens with one attached hydrogen (secondary N) is 2. The van der Waals surface area contributed by atoms with Crippen molar-refractivity contribution in [3.05, 3.63) is 64.1 Å². The molecule has 0 aliphatic rings. The Balaban J connectivity index is 2.19.